The summed E-state index contributed by atoms with van der Waals surface area (Å²) in [6, 6.07) is 9.23. The molecule has 0 aliphatic heterocycles. The van der Waals surface area contributed by atoms with Gasteiger partial charge in [-0.15, -0.1) is 0 Å². The predicted octanol–water partition coefficient (Wildman–Crippen LogP) is 5.14. The first-order chi connectivity index (χ1) is 15.5. The molecular formula is C25H33ClN4O2. The number of unbranched alkanes of at least 4 members (excludes halogenated alkanes) is 5. The summed E-state index contributed by atoms with van der Waals surface area (Å²) in [5.41, 5.74) is 3.22. The highest BCUT2D eigenvalue weighted by molar-refractivity contribution is 6.31. The molecule has 0 radical (unpaired) electrons. The van der Waals surface area contributed by atoms with Crippen LogP contribution in [0, 0.1) is 6.92 Å². The molecule has 1 aromatic carbocycles. The van der Waals surface area contributed by atoms with Gasteiger partial charge in [-0.1, -0.05) is 37.3 Å². The van der Waals surface area contributed by atoms with Crippen LogP contribution >= 0.6 is 11.6 Å². The van der Waals surface area contributed by atoms with Crippen LogP contribution in [-0.2, 0) is 13.6 Å². The number of aromatic hydroxyl groups is 1. The van der Waals surface area contributed by atoms with Crippen LogP contribution in [-0.4, -0.2) is 27.7 Å². The van der Waals surface area contributed by atoms with Crippen molar-refractivity contribution < 1.29 is 5.11 Å². The monoisotopic (exact) mass is 456 g/mol. The van der Waals surface area contributed by atoms with Gasteiger partial charge in [-0.2, -0.15) is 0 Å². The Hall–Kier alpha value is -2.57. The van der Waals surface area contributed by atoms with Gasteiger partial charge < -0.3 is 20.3 Å². The first-order valence-electron chi connectivity index (χ1n) is 11.3. The van der Waals surface area contributed by atoms with E-state index in [1.54, 1.807) is 0 Å². The van der Waals surface area contributed by atoms with Crippen molar-refractivity contribution in [2.45, 2.75) is 52.0 Å². The van der Waals surface area contributed by atoms with Gasteiger partial charge in [0.2, 0.25) is 5.43 Å². The second-order valence-corrected chi connectivity index (χ2v) is 8.69. The lowest BCUT2D eigenvalue weighted by molar-refractivity contribution is 0.444. The zero-order chi connectivity index (χ0) is 22.9. The molecule has 0 aliphatic rings. The standard InChI is InChI=1S/C25H33ClN4O2/c1-18-15-24(31)25(32)23(30(18)2)17-27-12-7-5-3-4-6-8-13-28-22-11-14-29-21-10-9-19(26)16-20(21)22/h9-11,14-16,27,32H,3-8,12-13,17H2,1-2H3,(H,28,29). The van der Waals surface area contributed by atoms with Crippen molar-refractivity contribution in [2.75, 3.05) is 18.4 Å². The van der Waals surface area contributed by atoms with Crippen LogP contribution in [0.1, 0.15) is 49.9 Å². The van der Waals surface area contributed by atoms with Crippen molar-refractivity contribution in [1.29, 1.82) is 0 Å². The molecule has 0 amide bonds. The van der Waals surface area contributed by atoms with E-state index in [0.717, 1.165) is 53.2 Å². The molecule has 0 fully saturated rings. The maximum atomic E-state index is 11.7. The average Bonchev–Trinajstić information content (AvgIpc) is 2.78. The Kier molecular flexibility index (Phi) is 8.94. The van der Waals surface area contributed by atoms with E-state index in [1.807, 2.05) is 49.0 Å². The zero-order valence-electron chi connectivity index (χ0n) is 19.0. The largest absolute Gasteiger partial charge is 0.503 e. The number of hydrogen-bond acceptors (Lipinski definition) is 5. The fourth-order valence-electron chi connectivity index (χ4n) is 3.86. The van der Waals surface area contributed by atoms with Crippen molar-refractivity contribution >= 4 is 28.2 Å². The van der Waals surface area contributed by atoms with Gasteiger partial charge in [0, 0.05) is 54.2 Å². The first kappa shape index (κ1) is 24.1. The van der Waals surface area contributed by atoms with Gasteiger partial charge in [0.1, 0.15) is 0 Å². The molecule has 2 heterocycles. The lowest BCUT2D eigenvalue weighted by atomic mass is 10.1. The molecule has 2 aromatic heterocycles. The Balaban J connectivity index is 1.26. The number of benzene rings is 1. The van der Waals surface area contributed by atoms with Crippen molar-refractivity contribution in [3.8, 4) is 5.75 Å². The van der Waals surface area contributed by atoms with E-state index >= 15 is 0 Å². The van der Waals surface area contributed by atoms with E-state index in [0.29, 0.717) is 12.2 Å². The average molecular weight is 457 g/mol. The quantitative estimate of drug-likeness (QED) is 0.329. The highest BCUT2D eigenvalue weighted by atomic mass is 35.5. The number of halogens is 1. The van der Waals surface area contributed by atoms with Crippen LogP contribution in [0.5, 0.6) is 5.75 Å². The molecule has 0 unspecified atom stereocenters. The molecular weight excluding hydrogens is 424 g/mol. The van der Waals surface area contributed by atoms with Crippen LogP contribution in [0.15, 0.2) is 41.3 Å². The van der Waals surface area contributed by atoms with Crippen molar-refractivity contribution in [3.05, 3.63) is 63.2 Å². The third-order valence-corrected chi connectivity index (χ3v) is 6.11. The van der Waals surface area contributed by atoms with E-state index in [-0.39, 0.29) is 11.2 Å². The molecule has 0 atom stereocenters. The number of anilines is 1. The van der Waals surface area contributed by atoms with E-state index in [9.17, 15) is 9.90 Å². The van der Waals surface area contributed by atoms with E-state index in [2.05, 4.69) is 15.6 Å². The maximum absolute atomic E-state index is 11.7. The predicted molar refractivity (Wildman–Crippen MR) is 133 cm³/mol. The molecule has 3 N–H and O–H groups in total. The highest BCUT2D eigenvalue weighted by Crippen LogP contribution is 2.24. The van der Waals surface area contributed by atoms with Crippen molar-refractivity contribution in [3.63, 3.8) is 0 Å². The molecule has 0 aliphatic carbocycles. The van der Waals surface area contributed by atoms with Gasteiger partial charge in [0.25, 0.3) is 0 Å². The fraction of sp³-hybridized carbons (Fsp3) is 0.440. The molecule has 0 spiro atoms. The summed E-state index contributed by atoms with van der Waals surface area (Å²) in [6.45, 7) is 4.18. The van der Waals surface area contributed by atoms with Crippen LogP contribution in [0.3, 0.4) is 0 Å². The summed E-state index contributed by atoms with van der Waals surface area (Å²) < 4.78 is 1.86. The lowest BCUT2D eigenvalue weighted by Gasteiger charge is -2.14. The van der Waals surface area contributed by atoms with Gasteiger partial charge in [-0.3, -0.25) is 9.78 Å². The Morgan fingerprint density at radius 3 is 2.53 bits per heavy atom. The second kappa shape index (κ2) is 11.9. The van der Waals surface area contributed by atoms with Gasteiger partial charge in [-0.05, 0) is 50.6 Å². The molecule has 6 nitrogen and oxygen atoms in total. The Morgan fingerprint density at radius 2 is 1.75 bits per heavy atom. The minimum Gasteiger partial charge on any atom is -0.503 e. The fourth-order valence-corrected chi connectivity index (χ4v) is 4.03. The summed E-state index contributed by atoms with van der Waals surface area (Å²) in [5.74, 6) is -0.151. The van der Waals surface area contributed by atoms with E-state index in [4.69, 9.17) is 11.6 Å². The third-order valence-electron chi connectivity index (χ3n) is 5.87. The minimum absolute atomic E-state index is 0.151. The summed E-state index contributed by atoms with van der Waals surface area (Å²) in [5, 5.41) is 18.6. The number of hydrogen-bond donors (Lipinski definition) is 3. The van der Waals surface area contributed by atoms with Gasteiger partial charge in [-0.25, -0.2) is 0 Å². The molecule has 3 aromatic rings. The van der Waals surface area contributed by atoms with Gasteiger partial charge in [0.15, 0.2) is 5.75 Å². The molecule has 0 bridgehead atoms. The van der Waals surface area contributed by atoms with Crippen LogP contribution in [0.4, 0.5) is 5.69 Å². The van der Waals surface area contributed by atoms with Crippen LogP contribution in [0.25, 0.3) is 10.9 Å². The number of aryl methyl sites for hydroxylation is 1. The van der Waals surface area contributed by atoms with Crippen molar-refractivity contribution in [2.24, 2.45) is 7.05 Å². The number of nitrogens with one attached hydrogen (secondary N) is 2. The Bertz CT molecular complexity index is 1100. The SMILES string of the molecule is Cc1cc(=O)c(O)c(CNCCCCCCCCNc2ccnc3ccc(Cl)cc23)n1C. The van der Waals surface area contributed by atoms with E-state index < -0.39 is 0 Å². The number of pyridine rings is 2. The zero-order valence-corrected chi connectivity index (χ0v) is 19.7. The van der Waals surface area contributed by atoms with Crippen molar-refractivity contribution in [1.82, 2.24) is 14.9 Å². The molecule has 0 saturated heterocycles. The smallest absolute Gasteiger partial charge is 0.223 e. The van der Waals surface area contributed by atoms with E-state index in [1.165, 1.54) is 31.7 Å². The molecule has 0 saturated carbocycles. The molecule has 172 valence electrons. The summed E-state index contributed by atoms with van der Waals surface area (Å²) >= 11 is 6.13. The summed E-state index contributed by atoms with van der Waals surface area (Å²) in [4.78, 5) is 16.1. The van der Waals surface area contributed by atoms with Gasteiger partial charge >= 0.3 is 0 Å². The normalized spacial score (nSPS) is 11.2. The van der Waals surface area contributed by atoms with Crippen LogP contribution < -0.4 is 16.1 Å². The van der Waals surface area contributed by atoms with Crippen LogP contribution in [0.2, 0.25) is 5.02 Å². The Morgan fingerprint density at radius 1 is 1.03 bits per heavy atom. The number of fused-ring (bicyclic) bond motifs is 1. The summed E-state index contributed by atoms with van der Waals surface area (Å²) in [7, 11) is 1.87. The maximum Gasteiger partial charge on any atom is 0.223 e. The second-order valence-electron chi connectivity index (χ2n) is 8.25. The lowest BCUT2D eigenvalue weighted by Crippen LogP contribution is -2.21. The highest BCUT2D eigenvalue weighted by Gasteiger charge is 2.10. The number of aromatic nitrogens is 2. The number of rotatable bonds is 12. The summed E-state index contributed by atoms with van der Waals surface area (Å²) in [6.07, 6.45) is 8.84. The minimum atomic E-state index is -0.312. The molecule has 3 rings (SSSR count). The Labute approximate surface area is 194 Å². The first-order valence-corrected chi connectivity index (χ1v) is 11.7. The molecule has 32 heavy (non-hydrogen) atoms. The molecule has 7 heteroatoms. The number of nitrogens with zero attached hydrogens (tertiary/aromatic N) is 2. The third kappa shape index (κ3) is 6.47. The van der Waals surface area contributed by atoms with Gasteiger partial charge in [0.05, 0.1) is 11.2 Å². The topological polar surface area (TPSA) is 79.2 Å².